The predicted molar refractivity (Wildman–Crippen MR) is 111 cm³/mol. The first-order valence-corrected chi connectivity index (χ1v) is 9.50. The third kappa shape index (κ3) is 4.25. The highest BCUT2D eigenvalue weighted by atomic mass is 16.5. The summed E-state index contributed by atoms with van der Waals surface area (Å²) in [6.07, 6.45) is 0. The van der Waals surface area contributed by atoms with Crippen molar-refractivity contribution < 1.29 is 9.53 Å². The van der Waals surface area contributed by atoms with Crippen LogP contribution in [0.25, 0.3) is 0 Å². The van der Waals surface area contributed by atoms with Crippen molar-refractivity contribution in [2.75, 3.05) is 43.5 Å². The van der Waals surface area contributed by atoms with Crippen LogP contribution >= 0.6 is 0 Å². The molecule has 1 amide bonds. The molecule has 0 spiro atoms. The highest BCUT2D eigenvalue weighted by Gasteiger charge is 2.27. The van der Waals surface area contributed by atoms with Crippen LogP contribution in [0.2, 0.25) is 0 Å². The van der Waals surface area contributed by atoms with E-state index in [9.17, 15) is 4.79 Å². The van der Waals surface area contributed by atoms with Gasteiger partial charge in [-0.15, -0.1) is 0 Å². The summed E-state index contributed by atoms with van der Waals surface area (Å²) in [5.41, 5.74) is 4.24. The molecule has 0 bridgehead atoms. The van der Waals surface area contributed by atoms with E-state index in [1.165, 1.54) is 0 Å². The van der Waals surface area contributed by atoms with Crippen LogP contribution in [0, 0.1) is 13.8 Å². The molecule has 1 fully saturated rings. The molecular weight excluding hydrogens is 338 g/mol. The first-order valence-electron chi connectivity index (χ1n) is 9.50. The lowest BCUT2D eigenvalue weighted by Crippen LogP contribution is -2.53. The van der Waals surface area contributed by atoms with E-state index in [2.05, 4.69) is 21.2 Å². The molecule has 2 aromatic carbocycles. The number of hydrogen-bond acceptors (Lipinski definition) is 4. The standard InChI is InChI=1S/C22H29N3O2/c1-16-8-7-9-17(2)21(16)23-22(26)18(3)24-12-14-25(15-13-24)19-10-5-6-11-20(19)27-4/h5-11,18H,12-15H2,1-4H3,(H,23,26)/t18-/m0/s1. The van der Waals surface area contributed by atoms with Crippen LogP contribution in [-0.2, 0) is 4.79 Å². The van der Waals surface area contributed by atoms with Crippen molar-refractivity contribution in [1.82, 2.24) is 4.90 Å². The maximum Gasteiger partial charge on any atom is 0.241 e. The van der Waals surface area contributed by atoms with Gasteiger partial charge in [-0.25, -0.2) is 0 Å². The Morgan fingerprint density at radius 2 is 1.63 bits per heavy atom. The van der Waals surface area contributed by atoms with Gasteiger partial charge in [0.25, 0.3) is 0 Å². The highest BCUT2D eigenvalue weighted by molar-refractivity contribution is 5.95. The fraction of sp³-hybridized carbons (Fsp3) is 0.409. The molecule has 27 heavy (non-hydrogen) atoms. The fourth-order valence-corrected chi connectivity index (χ4v) is 3.65. The van der Waals surface area contributed by atoms with Gasteiger partial charge in [0.15, 0.2) is 0 Å². The molecule has 0 aromatic heterocycles. The molecule has 0 aliphatic carbocycles. The van der Waals surface area contributed by atoms with Gasteiger partial charge >= 0.3 is 0 Å². The number of carbonyl (C=O) groups is 1. The van der Waals surface area contributed by atoms with Crippen molar-refractivity contribution in [3.05, 3.63) is 53.6 Å². The number of hydrogen-bond donors (Lipinski definition) is 1. The molecule has 5 heteroatoms. The number of carbonyl (C=O) groups excluding carboxylic acids is 1. The normalized spacial score (nSPS) is 16.1. The van der Waals surface area contributed by atoms with Crippen molar-refractivity contribution in [3.8, 4) is 5.75 Å². The molecule has 1 atom stereocenters. The molecule has 5 nitrogen and oxygen atoms in total. The second kappa shape index (κ2) is 8.44. The minimum Gasteiger partial charge on any atom is -0.495 e. The van der Waals surface area contributed by atoms with Gasteiger partial charge in [-0.1, -0.05) is 30.3 Å². The Kier molecular flexibility index (Phi) is 6.01. The number of piperazine rings is 1. The topological polar surface area (TPSA) is 44.8 Å². The van der Waals surface area contributed by atoms with Crippen molar-refractivity contribution in [2.24, 2.45) is 0 Å². The van der Waals surface area contributed by atoms with E-state index in [0.717, 1.165) is 54.4 Å². The van der Waals surface area contributed by atoms with Gasteiger partial charge in [0.05, 0.1) is 18.8 Å². The van der Waals surface area contributed by atoms with Crippen LogP contribution in [0.5, 0.6) is 5.75 Å². The monoisotopic (exact) mass is 367 g/mol. The Morgan fingerprint density at radius 1 is 1.00 bits per heavy atom. The molecule has 144 valence electrons. The van der Waals surface area contributed by atoms with E-state index >= 15 is 0 Å². The SMILES string of the molecule is COc1ccccc1N1CCN([C@@H](C)C(=O)Nc2c(C)cccc2C)CC1. The van der Waals surface area contributed by atoms with E-state index in [4.69, 9.17) is 4.74 Å². The lowest BCUT2D eigenvalue weighted by Gasteiger charge is -2.39. The number of para-hydroxylation sites is 3. The Morgan fingerprint density at radius 3 is 2.26 bits per heavy atom. The van der Waals surface area contributed by atoms with Crippen molar-refractivity contribution in [3.63, 3.8) is 0 Å². The van der Waals surface area contributed by atoms with Crippen LogP contribution in [0.15, 0.2) is 42.5 Å². The van der Waals surface area contributed by atoms with Crippen LogP contribution in [0.1, 0.15) is 18.1 Å². The highest BCUT2D eigenvalue weighted by Crippen LogP contribution is 2.28. The zero-order valence-corrected chi connectivity index (χ0v) is 16.7. The molecule has 2 aromatic rings. The zero-order valence-electron chi connectivity index (χ0n) is 16.7. The number of anilines is 2. The molecule has 0 radical (unpaired) electrons. The molecule has 0 unspecified atom stereocenters. The Balaban J connectivity index is 1.61. The fourth-order valence-electron chi connectivity index (χ4n) is 3.65. The summed E-state index contributed by atoms with van der Waals surface area (Å²) >= 11 is 0. The van der Waals surface area contributed by atoms with Gasteiger partial charge in [0.1, 0.15) is 5.75 Å². The molecule has 1 N–H and O–H groups in total. The second-order valence-corrected chi connectivity index (χ2v) is 7.13. The molecule has 3 rings (SSSR count). The van der Waals surface area contributed by atoms with Gasteiger partial charge in [-0.3, -0.25) is 9.69 Å². The van der Waals surface area contributed by atoms with Gasteiger partial charge in [0, 0.05) is 31.9 Å². The summed E-state index contributed by atoms with van der Waals surface area (Å²) in [7, 11) is 1.70. The average Bonchev–Trinajstić information content (AvgIpc) is 2.70. The Labute approximate surface area is 161 Å². The maximum atomic E-state index is 12.8. The molecular formula is C22H29N3O2. The van der Waals surface area contributed by atoms with E-state index in [1.54, 1.807) is 7.11 Å². The average molecular weight is 367 g/mol. The second-order valence-electron chi connectivity index (χ2n) is 7.13. The molecule has 1 aliphatic rings. The minimum atomic E-state index is -0.163. The molecule has 1 aliphatic heterocycles. The third-order valence-corrected chi connectivity index (χ3v) is 5.40. The zero-order chi connectivity index (χ0) is 19.4. The van der Waals surface area contributed by atoms with Gasteiger partial charge in [-0.05, 0) is 44.0 Å². The van der Waals surface area contributed by atoms with E-state index in [-0.39, 0.29) is 11.9 Å². The smallest absolute Gasteiger partial charge is 0.241 e. The maximum absolute atomic E-state index is 12.8. The van der Waals surface area contributed by atoms with E-state index in [1.807, 2.05) is 57.2 Å². The summed E-state index contributed by atoms with van der Waals surface area (Å²) in [6, 6.07) is 14.0. The van der Waals surface area contributed by atoms with Crippen LogP contribution < -0.4 is 15.0 Å². The number of aryl methyl sites for hydroxylation is 2. The summed E-state index contributed by atoms with van der Waals surface area (Å²) in [4.78, 5) is 17.4. The number of amides is 1. The van der Waals surface area contributed by atoms with Gasteiger partial charge in [-0.2, -0.15) is 0 Å². The number of methoxy groups -OCH3 is 1. The van der Waals surface area contributed by atoms with Crippen molar-refractivity contribution in [1.29, 1.82) is 0 Å². The lowest BCUT2D eigenvalue weighted by molar-refractivity contribution is -0.120. The number of rotatable bonds is 5. The van der Waals surface area contributed by atoms with Crippen molar-refractivity contribution in [2.45, 2.75) is 26.8 Å². The summed E-state index contributed by atoms with van der Waals surface area (Å²) < 4.78 is 5.48. The number of benzene rings is 2. The number of ether oxygens (including phenoxy) is 1. The Hall–Kier alpha value is -2.53. The molecule has 1 heterocycles. The van der Waals surface area contributed by atoms with Gasteiger partial charge in [0.2, 0.25) is 5.91 Å². The lowest BCUT2D eigenvalue weighted by atomic mass is 10.1. The quantitative estimate of drug-likeness (QED) is 0.879. The third-order valence-electron chi connectivity index (χ3n) is 5.40. The summed E-state index contributed by atoms with van der Waals surface area (Å²) in [5, 5.41) is 3.12. The minimum absolute atomic E-state index is 0.0538. The van der Waals surface area contributed by atoms with Gasteiger partial charge < -0.3 is 15.0 Å². The predicted octanol–water partition coefficient (Wildman–Crippen LogP) is 3.46. The Bertz CT molecular complexity index is 778. The number of nitrogens with zero attached hydrogens (tertiary/aromatic N) is 2. The summed E-state index contributed by atoms with van der Waals surface area (Å²) in [5.74, 6) is 0.949. The van der Waals surface area contributed by atoms with E-state index in [0.29, 0.717) is 0 Å². The van der Waals surface area contributed by atoms with Crippen molar-refractivity contribution >= 4 is 17.3 Å². The van der Waals surface area contributed by atoms with Crippen LogP contribution in [-0.4, -0.2) is 50.1 Å². The summed E-state index contributed by atoms with van der Waals surface area (Å²) in [6.45, 7) is 9.49. The number of nitrogens with one attached hydrogen (secondary N) is 1. The largest absolute Gasteiger partial charge is 0.495 e. The van der Waals surface area contributed by atoms with E-state index < -0.39 is 0 Å². The molecule has 1 saturated heterocycles. The van der Waals surface area contributed by atoms with Crippen LogP contribution in [0.3, 0.4) is 0 Å². The molecule has 0 saturated carbocycles. The van der Waals surface area contributed by atoms with Crippen LogP contribution in [0.4, 0.5) is 11.4 Å². The first kappa shape index (κ1) is 19.2. The first-order chi connectivity index (χ1) is 13.0.